The van der Waals surface area contributed by atoms with Gasteiger partial charge in [0.2, 0.25) is 0 Å². The maximum atomic E-state index is 12.2. The zero-order valence-electron chi connectivity index (χ0n) is 7.46. The number of likely N-dealkylation sites (tertiary alicyclic amines) is 1. The van der Waals surface area contributed by atoms with Gasteiger partial charge in [-0.2, -0.15) is 13.2 Å². The zero-order valence-corrected chi connectivity index (χ0v) is 7.46. The predicted molar refractivity (Wildman–Crippen MR) is 44.0 cm³/mol. The van der Waals surface area contributed by atoms with Crippen LogP contribution < -0.4 is 5.73 Å². The van der Waals surface area contributed by atoms with Crippen molar-refractivity contribution >= 4 is 5.84 Å². The lowest BCUT2D eigenvalue weighted by Crippen LogP contribution is -2.34. The molecule has 0 aliphatic carbocycles. The SMILES string of the molecule is N/C(CN1CC[C@H](C(F)(F)F)C1)=N/O. The van der Waals surface area contributed by atoms with Crippen LogP contribution in [-0.2, 0) is 0 Å². The number of nitrogens with two attached hydrogens (primary N) is 1. The van der Waals surface area contributed by atoms with E-state index in [1.54, 1.807) is 0 Å². The fourth-order valence-electron chi connectivity index (χ4n) is 1.50. The van der Waals surface area contributed by atoms with Crippen LogP contribution in [0.4, 0.5) is 13.2 Å². The molecule has 0 saturated carbocycles. The molecule has 1 aliphatic rings. The van der Waals surface area contributed by atoms with Gasteiger partial charge in [0.05, 0.1) is 12.5 Å². The Balaban J connectivity index is 2.42. The van der Waals surface area contributed by atoms with E-state index in [0.717, 1.165) is 0 Å². The number of alkyl halides is 3. The summed E-state index contributed by atoms with van der Waals surface area (Å²) in [4.78, 5) is 1.52. The molecule has 14 heavy (non-hydrogen) atoms. The molecule has 3 N–H and O–H groups in total. The first kappa shape index (κ1) is 11.1. The average Bonchev–Trinajstić information content (AvgIpc) is 2.51. The standard InChI is InChI=1S/C7H12F3N3O/c8-7(9,10)5-1-2-13(3-5)4-6(11)12-14/h5,14H,1-4H2,(H2,11,12)/t5-/m0/s1. The van der Waals surface area contributed by atoms with Crippen LogP contribution in [0, 0.1) is 5.92 Å². The molecule has 0 aromatic rings. The van der Waals surface area contributed by atoms with Crippen LogP contribution in [0.25, 0.3) is 0 Å². The van der Waals surface area contributed by atoms with E-state index in [0.29, 0.717) is 6.54 Å². The van der Waals surface area contributed by atoms with Crippen molar-refractivity contribution < 1.29 is 18.4 Å². The van der Waals surface area contributed by atoms with E-state index in [9.17, 15) is 13.2 Å². The summed E-state index contributed by atoms with van der Waals surface area (Å²) in [7, 11) is 0. The summed E-state index contributed by atoms with van der Waals surface area (Å²) in [5.41, 5.74) is 5.18. The second-order valence-corrected chi connectivity index (χ2v) is 3.35. The first-order valence-corrected chi connectivity index (χ1v) is 4.19. The van der Waals surface area contributed by atoms with Crippen LogP contribution in [0.15, 0.2) is 5.16 Å². The van der Waals surface area contributed by atoms with Crippen LogP contribution >= 0.6 is 0 Å². The number of halogens is 3. The van der Waals surface area contributed by atoms with Gasteiger partial charge in [-0.15, -0.1) is 0 Å². The van der Waals surface area contributed by atoms with Crippen LogP contribution in [0.2, 0.25) is 0 Å². The zero-order chi connectivity index (χ0) is 10.8. The third-order valence-electron chi connectivity index (χ3n) is 2.25. The Labute approximate surface area is 79.2 Å². The molecular formula is C7H12F3N3O. The van der Waals surface area contributed by atoms with Crippen molar-refractivity contribution in [2.24, 2.45) is 16.8 Å². The minimum atomic E-state index is -4.14. The summed E-state index contributed by atoms with van der Waals surface area (Å²) in [6, 6.07) is 0. The minimum absolute atomic E-state index is 0.0622. The van der Waals surface area contributed by atoms with Crippen LogP contribution in [0.1, 0.15) is 6.42 Å². The highest BCUT2D eigenvalue weighted by Gasteiger charge is 2.43. The molecule has 1 aliphatic heterocycles. The molecule has 0 amide bonds. The van der Waals surface area contributed by atoms with Gasteiger partial charge < -0.3 is 10.9 Å². The Morgan fingerprint density at radius 2 is 2.21 bits per heavy atom. The first-order valence-electron chi connectivity index (χ1n) is 4.19. The summed E-state index contributed by atoms with van der Waals surface area (Å²) in [6.07, 6.45) is -4.05. The molecule has 4 nitrogen and oxygen atoms in total. The van der Waals surface area contributed by atoms with Crippen molar-refractivity contribution in [3.05, 3.63) is 0 Å². The van der Waals surface area contributed by atoms with Gasteiger partial charge in [-0.3, -0.25) is 4.90 Å². The second-order valence-electron chi connectivity index (χ2n) is 3.35. The van der Waals surface area contributed by atoms with E-state index < -0.39 is 12.1 Å². The van der Waals surface area contributed by atoms with Gasteiger partial charge in [0.15, 0.2) is 5.84 Å². The van der Waals surface area contributed by atoms with E-state index >= 15 is 0 Å². The monoisotopic (exact) mass is 211 g/mol. The van der Waals surface area contributed by atoms with Crippen molar-refractivity contribution in [3.8, 4) is 0 Å². The average molecular weight is 211 g/mol. The summed E-state index contributed by atoms with van der Waals surface area (Å²) < 4.78 is 36.6. The molecule has 0 radical (unpaired) electrons. The highest BCUT2D eigenvalue weighted by Crippen LogP contribution is 2.33. The quantitative estimate of drug-likeness (QED) is 0.304. The van der Waals surface area contributed by atoms with Gasteiger partial charge >= 0.3 is 6.18 Å². The lowest BCUT2D eigenvalue weighted by Gasteiger charge is -2.16. The largest absolute Gasteiger partial charge is 0.409 e. The second kappa shape index (κ2) is 4.04. The summed E-state index contributed by atoms with van der Waals surface area (Å²) >= 11 is 0. The summed E-state index contributed by atoms with van der Waals surface area (Å²) in [6.45, 7) is 0.350. The Bertz CT molecular complexity index is 229. The Morgan fingerprint density at radius 1 is 1.57 bits per heavy atom. The van der Waals surface area contributed by atoms with E-state index in [1.165, 1.54) is 4.90 Å². The lowest BCUT2D eigenvalue weighted by atomic mass is 10.1. The van der Waals surface area contributed by atoms with Gasteiger partial charge in [0.25, 0.3) is 0 Å². The molecular weight excluding hydrogens is 199 g/mol. The van der Waals surface area contributed by atoms with Gasteiger partial charge in [-0.25, -0.2) is 0 Å². The Morgan fingerprint density at radius 3 is 2.64 bits per heavy atom. The molecule has 82 valence electrons. The topological polar surface area (TPSA) is 61.8 Å². The maximum Gasteiger partial charge on any atom is 0.393 e. The van der Waals surface area contributed by atoms with Crippen LogP contribution in [0.5, 0.6) is 0 Å². The molecule has 0 spiro atoms. The van der Waals surface area contributed by atoms with Crippen molar-refractivity contribution in [3.63, 3.8) is 0 Å². The minimum Gasteiger partial charge on any atom is -0.409 e. The molecule has 1 saturated heterocycles. The smallest absolute Gasteiger partial charge is 0.393 e. The van der Waals surface area contributed by atoms with Gasteiger partial charge in [0.1, 0.15) is 0 Å². The predicted octanol–water partition coefficient (Wildman–Crippen LogP) is 0.617. The normalized spacial score (nSPS) is 25.6. The molecule has 0 unspecified atom stereocenters. The first-order chi connectivity index (χ1) is 6.43. The lowest BCUT2D eigenvalue weighted by molar-refractivity contribution is -0.170. The highest BCUT2D eigenvalue weighted by molar-refractivity contribution is 5.81. The van der Waals surface area contributed by atoms with E-state index in [-0.39, 0.29) is 25.3 Å². The number of hydrogen-bond donors (Lipinski definition) is 2. The van der Waals surface area contributed by atoms with E-state index in [2.05, 4.69) is 5.16 Å². The molecule has 7 heteroatoms. The number of hydrogen-bond acceptors (Lipinski definition) is 3. The van der Waals surface area contributed by atoms with Crippen molar-refractivity contribution in [2.75, 3.05) is 19.6 Å². The third kappa shape index (κ3) is 2.76. The fourth-order valence-corrected chi connectivity index (χ4v) is 1.50. The van der Waals surface area contributed by atoms with E-state index in [1.807, 2.05) is 0 Å². The van der Waals surface area contributed by atoms with Crippen LogP contribution in [0.3, 0.4) is 0 Å². The summed E-state index contributed by atoms with van der Waals surface area (Å²) in [5.74, 6) is -1.35. The van der Waals surface area contributed by atoms with Gasteiger partial charge in [0, 0.05) is 6.54 Å². The molecule has 1 heterocycles. The molecule has 0 aromatic carbocycles. The highest BCUT2D eigenvalue weighted by atomic mass is 19.4. The molecule has 0 bridgehead atoms. The van der Waals surface area contributed by atoms with Crippen molar-refractivity contribution in [2.45, 2.75) is 12.6 Å². The number of rotatable bonds is 2. The Kier molecular flexibility index (Phi) is 3.20. The Hall–Kier alpha value is -0.980. The molecule has 1 rings (SSSR count). The summed E-state index contributed by atoms with van der Waals surface area (Å²) in [5, 5.41) is 10.9. The van der Waals surface area contributed by atoms with Crippen molar-refractivity contribution in [1.29, 1.82) is 0 Å². The van der Waals surface area contributed by atoms with Crippen molar-refractivity contribution in [1.82, 2.24) is 4.90 Å². The van der Waals surface area contributed by atoms with E-state index in [4.69, 9.17) is 10.9 Å². The number of oxime groups is 1. The fraction of sp³-hybridized carbons (Fsp3) is 0.857. The van der Waals surface area contributed by atoms with Crippen LogP contribution in [-0.4, -0.2) is 41.8 Å². The maximum absolute atomic E-state index is 12.2. The number of nitrogens with zero attached hydrogens (tertiary/aromatic N) is 2. The molecule has 1 atom stereocenters. The van der Waals surface area contributed by atoms with Gasteiger partial charge in [-0.1, -0.05) is 5.16 Å². The third-order valence-corrected chi connectivity index (χ3v) is 2.25. The molecule has 1 fully saturated rings. The number of amidine groups is 1. The van der Waals surface area contributed by atoms with Gasteiger partial charge in [-0.05, 0) is 13.0 Å². The molecule has 0 aromatic heterocycles.